The van der Waals surface area contributed by atoms with Crippen LogP contribution in [0.2, 0.25) is 0 Å². The molecule has 0 radical (unpaired) electrons. The van der Waals surface area contributed by atoms with Gasteiger partial charge in [0.05, 0.1) is 6.04 Å². The zero-order valence-electron chi connectivity index (χ0n) is 14.0. The van der Waals surface area contributed by atoms with E-state index in [2.05, 4.69) is 5.32 Å². The molecule has 1 unspecified atom stereocenters. The molecule has 0 aliphatic carbocycles. The van der Waals surface area contributed by atoms with Crippen molar-refractivity contribution in [3.8, 4) is 0 Å². The van der Waals surface area contributed by atoms with E-state index in [0.717, 1.165) is 11.1 Å². The minimum absolute atomic E-state index is 0.0705. The van der Waals surface area contributed by atoms with Crippen molar-refractivity contribution in [1.29, 1.82) is 0 Å². The number of carbonyl (C=O) groups is 2. The highest BCUT2D eigenvalue weighted by molar-refractivity contribution is 6.02. The highest BCUT2D eigenvalue weighted by Gasteiger charge is 2.23. The Morgan fingerprint density at radius 2 is 1.65 bits per heavy atom. The van der Waals surface area contributed by atoms with Gasteiger partial charge < -0.3 is 10.2 Å². The number of nitrogens with one attached hydrogen (secondary N) is 1. The molecule has 4 heteroatoms. The monoisotopic (exact) mass is 310 g/mol. The first kappa shape index (κ1) is 16.7. The summed E-state index contributed by atoms with van der Waals surface area (Å²) in [4.78, 5) is 26.3. The molecule has 0 aliphatic rings. The van der Waals surface area contributed by atoms with Crippen molar-refractivity contribution in [3.63, 3.8) is 0 Å². The number of rotatable bonds is 4. The van der Waals surface area contributed by atoms with E-state index >= 15 is 0 Å². The molecule has 4 nitrogen and oxygen atoms in total. The summed E-state index contributed by atoms with van der Waals surface area (Å²) >= 11 is 0. The molecular weight excluding hydrogens is 288 g/mol. The Balaban J connectivity index is 2.08. The molecule has 0 saturated heterocycles. The van der Waals surface area contributed by atoms with E-state index in [0.29, 0.717) is 11.3 Å². The molecule has 0 saturated carbocycles. The molecule has 0 heterocycles. The smallest absolute Gasteiger partial charge is 0.317 e. The molecule has 2 aromatic carbocycles. The zero-order valence-corrected chi connectivity index (χ0v) is 14.0. The highest BCUT2D eigenvalue weighted by Crippen LogP contribution is 2.14. The molecular formula is C19H22N2O2. The van der Waals surface area contributed by atoms with Crippen molar-refractivity contribution >= 4 is 17.5 Å². The molecule has 2 aromatic rings. The summed E-state index contributed by atoms with van der Waals surface area (Å²) in [6, 6.07) is 14.0. The number of ketones is 1. The average molecular weight is 310 g/mol. The summed E-state index contributed by atoms with van der Waals surface area (Å²) in [6.07, 6.45) is 0. The van der Waals surface area contributed by atoms with Gasteiger partial charge in [-0.15, -0.1) is 0 Å². The topological polar surface area (TPSA) is 49.4 Å². The molecule has 23 heavy (non-hydrogen) atoms. The second kappa shape index (κ2) is 7.09. The van der Waals surface area contributed by atoms with Crippen molar-refractivity contribution in [2.75, 3.05) is 12.4 Å². The predicted molar refractivity (Wildman–Crippen MR) is 92.9 cm³/mol. The standard InChI is InChI=1S/C19H22N2O2/c1-13-10-11-16(12-14(13)2)18(22)15(3)21(4)19(23)20-17-8-6-5-7-9-17/h5-12,15H,1-4H3,(H,20,23). The summed E-state index contributed by atoms with van der Waals surface area (Å²) in [5.41, 5.74) is 3.54. The van der Waals surface area contributed by atoms with E-state index < -0.39 is 6.04 Å². The third-order valence-corrected chi connectivity index (χ3v) is 4.10. The van der Waals surface area contributed by atoms with Crippen molar-refractivity contribution in [1.82, 2.24) is 4.90 Å². The molecule has 0 bridgehead atoms. The number of anilines is 1. The fraction of sp³-hybridized carbons (Fsp3) is 0.263. The minimum atomic E-state index is -0.541. The fourth-order valence-electron chi connectivity index (χ4n) is 2.22. The maximum atomic E-state index is 12.6. The zero-order chi connectivity index (χ0) is 17.0. The first-order valence-corrected chi connectivity index (χ1v) is 7.60. The van der Waals surface area contributed by atoms with Crippen molar-refractivity contribution in [2.45, 2.75) is 26.8 Å². The van der Waals surface area contributed by atoms with Gasteiger partial charge in [-0.25, -0.2) is 4.79 Å². The van der Waals surface area contributed by atoms with Crippen LogP contribution in [0.3, 0.4) is 0 Å². The Morgan fingerprint density at radius 3 is 2.26 bits per heavy atom. The van der Waals surface area contributed by atoms with Gasteiger partial charge in [0.15, 0.2) is 5.78 Å². The Labute approximate surface area is 137 Å². The third kappa shape index (κ3) is 3.97. The van der Waals surface area contributed by atoms with Crippen LogP contribution in [-0.2, 0) is 0 Å². The molecule has 2 rings (SSSR count). The predicted octanol–water partition coefficient (Wildman–Crippen LogP) is 4.04. The minimum Gasteiger partial charge on any atom is -0.317 e. The fourth-order valence-corrected chi connectivity index (χ4v) is 2.22. The molecule has 2 amide bonds. The molecule has 0 fully saturated rings. The lowest BCUT2D eigenvalue weighted by Gasteiger charge is -2.24. The number of para-hydroxylation sites is 1. The van der Waals surface area contributed by atoms with E-state index in [1.165, 1.54) is 4.90 Å². The second-order valence-corrected chi connectivity index (χ2v) is 5.75. The van der Waals surface area contributed by atoms with Gasteiger partial charge in [0.1, 0.15) is 0 Å². The molecule has 0 aromatic heterocycles. The van der Waals surface area contributed by atoms with Crippen LogP contribution in [-0.4, -0.2) is 29.8 Å². The Morgan fingerprint density at radius 1 is 1.00 bits per heavy atom. The number of amides is 2. The van der Waals surface area contributed by atoms with Gasteiger partial charge >= 0.3 is 6.03 Å². The van der Waals surface area contributed by atoms with Crippen LogP contribution in [0, 0.1) is 13.8 Å². The number of Topliss-reactive ketones (excluding diaryl/α,β-unsaturated/α-hetero) is 1. The number of hydrogen-bond donors (Lipinski definition) is 1. The number of hydrogen-bond acceptors (Lipinski definition) is 2. The van der Waals surface area contributed by atoms with Crippen LogP contribution in [0.1, 0.15) is 28.4 Å². The van der Waals surface area contributed by atoms with Gasteiger partial charge in [-0.2, -0.15) is 0 Å². The summed E-state index contributed by atoms with van der Waals surface area (Å²) in [5.74, 6) is -0.0705. The number of carbonyl (C=O) groups excluding carboxylic acids is 2. The van der Waals surface area contributed by atoms with Crippen LogP contribution in [0.5, 0.6) is 0 Å². The molecule has 120 valence electrons. The third-order valence-electron chi connectivity index (χ3n) is 4.10. The maximum Gasteiger partial charge on any atom is 0.322 e. The van der Waals surface area contributed by atoms with Gasteiger partial charge in [-0.1, -0.05) is 30.3 Å². The SMILES string of the molecule is Cc1ccc(C(=O)C(C)N(C)C(=O)Nc2ccccc2)cc1C. The van der Waals surface area contributed by atoms with Crippen LogP contribution in [0.4, 0.5) is 10.5 Å². The van der Waals surface area contributed by atoms with Gasteiger partial charge in [0, 0.05) is 18.3 Å². The summed E-state index contributed by atoms with van der Waals surface area (Å²) in [5, 5.41) is 2.78. The molecule has 0 aliphatic heterocycles. The van der Waals surface area contributed by atoms with Crippen LogP contribution in [0.25, 0.3) is 0 Å². The molecule has 1 N–H and O–H groups in total. The highest BCUT2D eigenvalue weighted by atomic mass is 16.2. The number of aryl methyl sites for hydroxylation is 2. The largest absolute Gasteiger partial charge is 0.322 e. The van der Waals surface area contributed by atoms with Gasteiger partial charge in [0.25, 0.3) is 0 Å². The molecule has 0 spiro atoms. The summed E-state index contributed by atoms with van der Waals surface area (Å²) in [7, 11) is 1.63. The number of nitrogens with zero attached hydrogens (tertiary/aromatic N) is 1. The Hall–Kier alpha value is -2.62. The molecule has 1 atom stereocenters. The van der Waals surface area contributed by atoms with E-state index in [-0.39, 0.29) is 11.8 Å². The second-order valence-electron chi connectivity index (χ2n) is 5.75. The summed E-state index contributed by atoms with van der Waals surface area (Å²) < 4.78 is 0. The van der Waals surface area contributed by atoms with Crippen LogP contribution in [0.15, 0.2) is 48.5 Å². The van der Waals surface area contributed by atoms with Gasteiger partial charge in [-0.3, -0.25) is 4.79 Å². The lowest BCUT2D eigenvalue weighted by molar-refractivity contribution is 0.0894. The normalized spacial score (nSPS) is 11.7. The quantitative estimate of drug-likeness (QED) is 0.866. The number of benzene rings is 2. The average Bonchev–Trinajstić information content (AvgIpc) is 2.56. The van der Waals surface area contributed by atoms with Crippen molar-refractivity contribution in [2.24, 2.45) is 0 Å². The van der Waals surface area contributed by atoms with Crippen LogP contribution >= 0.6 is 0 Å². The Bertz CT molecular complexity index is 711. The van der Waals surface area contributed by atoms with Gasteiger partial charge in [-0.05, 0) is 50.1 Å². The lowest BCUT2D eigenvalue weighted by atomic mass is 10.00. The maximum absolute atomic E-state index is 12.6. The van der Waals surface area contributed by atoms with E-state index in [1.807, 2.05) is 62.4 Å². The first-order valence-electron chi connectivity index (χ1n) is 7.60. The van der Waals surface area contributed by atoms with Crippen LogP contribution < -0.4 is 5.32 Å². The first-order chi connectivity index (χ1) is 10.9. The van der Waals surface area contributed by atoms with E-state index in [4.69, 9.17) is 0 Å². The number of urea groups is 1. The van der Waals surface area contributed by atoms with E-state index in [1.54, 1.807) is 14.0 Å². The lowest BCUT2D eigenvalue weighted by Crippen LogP contribution is -2.42. The summed E-state index contributed by atoms with van der Waals surface area (Å²) in [6.45, 7) is 5.72. The van der Waals surface area contributed by atoms with Gasteiger partial charge in [0.2, 0.25) is 0 Å². The van der Waals surface area contributed by atoms with E-state index in [9.17, 15) is 9.59 Å². The number of likely N-dealkylation sites (N-methyl/N-ethyl adjacent to an activating group) is 1. The van der Waals surface area contributed by atoms with Crippen molar-refractivity contribution in [3.05, 3.63) is 65.2 Å². The van der Waals surface area contributed by atoms with Crippen molar-refractivity contribution < 1.29 is 9.59 Å². The Kier molecular flexibility index (Phi) is 5.16.